The van der Waals surface area contributed by atoms with Crippen LogP contribution in [0.25, 0.3) is 11.5 Å². The fraction of sp³-hybridized carbons (Fsp3) is 0.190. The summed E-state index contributed by atoms with van der Waals surface area (Å²) in [6.07, 6.45) is 1.49. The lowest BCUT2D eigenvalue weighted by Crippen LogP contribution is -2.38. The number of benzene rings is 1. The normalized spacial score (nSPS) is 10.4. The Hall–Kier alpha value is -4.21. The summed E-state index contributed by atoms with van der Waals surface area (Å²) >= 11 is 0. The molecule has 10 nitrogen and oxygen atoms in total. The zero-order valence-corrected chi connectivity index (χ0v) is 16.8. The first kappa shape index (κ1) is 21.5. The van der Waals surface area contributed by atoms with Crippen molar-refractivity contribution in [3.8, 4) is 11.5 Å². The lowest BCUT2D eigenvalue weighted by Gasteiger charge is -2.09. The van der Waals surface area contributed by atoms with E-state index in [1.165, 1.54) is 25.3 Å². The highest BCUT2D eigenvalue weighted by Crippen LogP contribution is 2.15. The van der Waals surface area contributed by atoms with Crippen LogP contribution in [0.3, 0.4) is 0 Å². The molecule has 2 aromatic heterocycles. The van der Waals surface area contributed by atoms with Gasteiger partial charge in [0.05, 0.1) is 6.26 Å². The molecule has 0 atom stereocenters. The number of nitrogens with one attached hydrogen (secondary N) is 3. The Balaban J connectivity index is 1.45. The molecule has 3 N–H and O–H groups in total. The SMILES string of the molecule is CC(=O)Nc1ccc(C(=O)NCCNC(=O)Cn2nc(-c3ccco3)ccc2=O)cc1. The van der Waals surface area contributed by atoms with Gasteiger partial charge in [-0.25, -0.2) is 4.68 Å². The van der Waals surface area contributed by atoms with E-state index in [1.54, 1.807) is 36.4 Å². The molecule has 160 valence electrons. The van der Waals surface area contributed by atoms with Gasteiger partial charge in [-0.15, -0.1) is 0 Å². The third-order valence-electron chi connectivity index (χ3n) is 4.13. The third kappa shape index (κ3) is 6.13. The number of furan rings is 1. The van der Waals surface area contributed by atoms with Crippen LogP contribution in [-0.4, -0.2) is 40.6 Å². The van der Waals surface area contributed by atoms with Crippen LogP contribution in [-0.2, 0) is 16.1 Å². The molecule has 0 saturated carbocycles. The maximum atomic E-state index is 12.1. The van der Waals surface area contributed by atoms with Gasteiger partial charge in [0, 0.05) is 37.3 Å². The van der Waals surface area contributed by atoms with E-state index in [2.05, 4.69) is 21.0 Å². The van der Waals surface area contributed by atoms with Crippen LogP contribution in [0, 0.1) is 0 Å². The number of carbonyl (C=O) groups excluding carboxylic acids is 3. The molecule has 3 aromatic rings. The highest BCUT2D eigenvalue weighted by Gasteiger charge is 2.10. The Labute approximate surface area is 177 Å². The van der Waals surface area contributed by atoms with Gasteiger partial charge in [0.25, 0.3) is 11.5 Å². The van der Waals surface area contributed by atoms with Gasteiger partial charge in [0.15, 0.2) is 5.76 Å². The summed E-state index contributed by atoms with van der Waals surface area (Å²) in [7, 11) is 0. The molecule has 0 radical (unpaired) electrons. The van der Waals surface area contributed by atoms with Crippen LogP contribution in [0.15, 0.2) is 64.0 Å². The molecule has 2 heterocycles. The fourth-order valence-corrected chi connectivity index (χ4v) is 2.70. The second kappa shape index (κ2) is 10.0. The molecule has 1 aromatic carbocycles. The summed E-state index contributed by atoms with van der Waals surface area (Å²) in [4.78, 5) is 47.2. The molecule has 0 aliphatic heterocycles. The van der Waals surface area contributed by atoms with Crippen molar-refractivity contribution >= 4 is 23.4 Å². The molecule has 0 saturated heterocycles. The second-order valence-electron chi connectivity index (χ2n) is 6.56. The van der Waals surface area contributed by atoms with Crippen LogP contribution in [0.4, 0.5) is 5.69 Å². The number of amides is 3. The Morgan fingerprint density at radius 3 is 2.42 bits per heavy atom. The zero-order valence-electron chi connectivity index (χ0n) is 16.8. The van der Waals surface area contributed by atoms with Crippen molar-refractivity contribution in [2.24, 2.45) is 0 Å². The predicted octanol–water partition coefficient (Wildman–Crippen LogP) is 1.01. The summed E-state index contributed by atoms with van der Waals surface area (Å²) in [6, 6.07) is 12.7. The number of hydrogen-bond donors (Lipinski definition) is 3. The molecule has 10 heteroatoms. The van der Waals surface area contributed by atoms with E-state index >= 15 is 0 Å². The molecule has 0 spiro atoms. The van der Waals surface area contributed by atoms with E-state index < -0.39 is 11.5 Å². The third-order valence-corrected chi connectivity index (χ3v) is 4.13. The van der Waals surface area contributed by atoms with Crippen molar-refractivity contribution < 1.29 is 18.8 Å². The maximum Gasteiger partial charge on any atom is 0.267 e. The van der Waals surface area contributed by atoms with Crippen molar-refractivity contribution in [2.45, 2.75) is 13.5 Å². The van der Waals surface area contributed by atoms with E-state index in [9.17, 15) is 19.2 Å². The minimum Gasteiger partial charge on any atom is -0.463 e. The molecule has 31 heavy (non-hydrogen) atoms. The van der Waals surface area contributed by atoms with Crippen LogP contribution >= 0.6 is 0 Å². The zero-order chi connectivity index (χ0) is 22.2. The molecular formula is C21H21N5O5. The van der Waals surface area contributed by atoms with Gasteiger partial charge >= 0.3 is 0 Å². The summed E-state index contributed by atoms with van der Waals surface area (Å²) < 4.78 is 6.29. The van der Waals surface area contributed by atoms with Crippen molar-refractivity contribution in [2.75, 3.05) is 18.4 Å². The van der Waals surface area contributed by atoms with Crippen molar-refractivity contribution in [3.05, 3.63) is 70.7 Å². The Kier molecular flexibility index (Phi) is 6.94. The number of carbonyl (C=O) groups is 3. The molecule has 0 fully saturated rings. The molecule has 0 bridgehead atoms. The molecule has 0 unspecified atom stereocenters. The van der Waals surface area contributed by atoms with Gasteiger partial charge in [0.2, 0.25) is 11.8 Å². The fourth-order valence-electron chi connectivity index (χ4n) is 2.70. The van der Waals surface area contributed by atoms with Crippen LogP contribution in [0.1, 0.15) is 17.3 Å². The highest BCUT2D eigenvalue weighted by molar-refractivity contribution is 5.95. The Bertz CT molecular complexity index is 1120. The Morgan fingerprint density at radius 2 is 1.74 bits per heavy atom. The minimum atomic E-state index is -0.417. The van der Waals surface area contributed by atoms with Crippen LogP contribution in [0.2, 0.25) is 0 Å². The van der Waals surface area contributed by atoms with E-state index in [4.69, 9.17) is 4.42 Å². The lowest BCUT2D eigenvalue weighted by atomic mass is 10.2. The lowest BCUT2D eigenvalue weighted by molar-refractivity contribution is -0.121. The van der Waals surface area contributed by atoms with E-state index in [1.807, 2.05) is 0 Å². The summed E-state index contributed by atoms with van der Waals surface area (Å²) in [5.74, 6) is -0.437. The van der Waals surface area contributed by atoms with Crippen LogP contribution < -0.4 is 21.5 Å². The van der Waals surface area contributed by atoms with Gasteiger partial charge in [0.1, 0.15) is 12.2 Å². The number of nitrogens with zero attached hydrogens (tertiary/aromatic N) is 2. The number of aromatic nitrogens is 2. The van der Waals surface area contributed by atoms with Crippen molar-refractivity contribution in [1.29, 1.82) is 0 Å². The highest BCUT2D eigenvalue weighted by atomic mass is 16.3. The second-order valence-corrected chi connectivity index (χ2v) is 6.56. The average molecular weight is 423 g/mol. The maximum absolute atomic E-state index is 12.1. The molecular weight excluding hydrogens is 402 g/mol. The minimum absolute atomic E-state index is 0.182. The smallest absolute Gasteiger partial charge is 0.267 e. The summed E-state index contributed by atoms with van der Waals surface area (Å²) in [6.45, 7) is 1.52. The van der Waals surface area contributed by atoms with Gasteiger partial charge in [-0.3, -0.25) is 19.2 Å². The summed E-state index contributed by atoms with van der Waals surface area (Å²) in [5.41, 5.74) is 1.04. The standard InChI is InChI=1S/C21H21N5O5/c1-14(27)24-16-6-4-15(5-7-16)21(30)23-11-10-22-19(28)13-26-20(29)9-8-17(25-26)18-3-2-12-31-18/h2-9,12H,10-11,13H2,1H3,(H,22,28)(H,23,30)(H,24,27). The van der Waals surface area contributed by atoms with Gasteiger partial charge in [-0.05, 0) is 42.5 Å². The molecule has 3 amide bonds. The first-order valence-corrected chi connectivity index (χ1v) is 9.47. The average Bonchev–Trinajstić information content (AvgIpc) is 3.28. The number of rotatable bonds is 8. The van der Waals surface area contributed by atoms with E-state index in [-0.39, 0.29) is 31.4 Å². The topological polar surface area (TPSA) is 135 Å². The first-order valence-electron chi connectivity index (χ1n) is 9.47. The van der Waals surface area contributed by atoms with E-state index in [0.29, 0.717) is 22.7 Å². The van der Waals surface area contributed by atoms with Gasteiger partial charge in [-0.1, -0.05) is 0 Å². The Morgan fingerprint density at radius 1 is 1.00 bits per heavy atom. The molecule has 0 aliphatic rings. The van der Waals surface area contributed by atoms with Crippen LogP contribution in [0.5, 0.6) is 0 Å². The molecule has 3 rings (SSSR count). The molecule has 0 aliphatic carbocycles. The predicted molar refractivity (Wildman–Crippen MR) is 112 cm³/mol. The number of anilines is 1. The van der Waals surface area contributed by atoms with Crippen molar-refractivity contribution in [1.82, 2.24) is 20.4 Å². The van der Waals surface area contributed by atoms with Crippen molar-refractivity contribution in [3.63, 3.8) is 0 Å². The number of hydrogen-bond acceptors (Lipinski definition) is 6. The van der Waals surface area contributed by atoms with Gasteiger partial charge < -0.3 is 20.4 Å². The largest absolute Gasteiger partial charge is 0.463 e. The quantitative estimate of drug-likeness (QED) is 0.463. The van der Waals surface area contributed by atoms with E-state index in [0.717, 1.165) is 4.68 Å². The first-order chi connectivity index (χ1) is 14.9. The van der Waals surface area contributed by atoms with Gasteiger partial charge in [-0.2, -0.15) is 5.10 Å². The monoisotopic (exact) mass is 423 g/mol. The summed E-state index contributed by atoms with van der Waals surface area (Å²) in [5, 5.41) is 12.1.